The van der Waals surface area contributed by atoms with Crippen molar-refractivity contribution in [1.82, 2.24) is 25.2 Å². The van der Waals surface area contributed by atoms with Gasteiger partial charge in [0.1, 0.15) is 23.6 Å². The van der Waals surface area contributed by atoms with E-state index >= 15 is 0 Å². The number of aromatic nitrogens is 5. The quantitative estimate of drug-likeness (QED) is 0.716. The number of hydrogen-bond donors (Lipinski definition) is 1. The van der Waals surface area contributed by atoms with E-state index in [0.717, 1.165) is 16.6 Å². The predicted octanol–water partition coefficient (Wildman–Crippen LogP) is 2.24. The summed E-state index contributed by atoms with van der Waals surface area (Å²) >= 11 is 3.28. The van der Waals surface area contributed by atoms with Gasteiger partial charge < -0.3 is 5.11 Å². The summed E-state index contributed by atoms with van der Waals surface area (Å²) in [4.78, 5) is 4.20. The lowest BCUT2D eigenvalue weighted by molar-refractivity contribution is 0.0103. The zero-order valence-electron chi connectivity index (χ0n) is 12.3. The van der Waals surface area contributed by atoms with E-state index in [9.17, 15) is 13.9 Å². The van der Waals surface area contributed by atoms with Crippen LogP contribution in [-0.2, 0) is 18.6 Å². The van der Waals surface area contributed by atoms with Crippen molar-refractivity contribution >= 4 is 15.9 Å². The predicted molar refractivity (Wildman–Crippen MR) is 83.7 cm³/mol. The standard InChI is InChI=1S/C15H12BrF2N5O/c16-10-1-3-12(19-7-10)6-15(24,8-23-9-20-21-22-23)13-4-2-11(17)5-14(13)18/h1-5,7,9,24H,6,8H2/t15-/m0/s1. The number of benzene rings is 1. The molecule has 3 aromatic rings. The molecule has 1 N–H and O–H groups in total. The van der Waals surface area contributed by atoms with Crippen molar-refractivity contribution in [3.05, 3.63) is 70.2 Å². The molecule has 0 amide bonds. The second-order valence-electron chi connectivity index (χ2n) is 5.31. The average Bonchev–Trinajstić information content (AvgIpc) is 3.02. The Kier molecular flexibility index (Phi) is 4.63. The summed E-state index contributed by atoms with van der Waals surface area (Å²) in [5, 5.41) is 21.8. The summed E-state index contributed by atoms with van der Waals surface area (Å²) in [6, 6.07) is 6.51. The largest absolute Gasteiger partial charge is 0.383 e. The summed E-state index contributed by atoms with van der Waals surface area (Å²) in [7, 11) is 0. The third-order valence-electron chi connectivity index (χ3n) is 3.51. The maximum absolute atomic E-state index is 14.3. The fraction of sp³-hybridized carbons (Fsp3) is 0.200. The number of halogens is 3. The van der Waals surface area contributed by atoms with Crippen molar-refractivity contribution < 1.29 is 13.9 Å². The van der Waals surface area contributed by atoms with Gasteiger partial charge in [0.15, 0.2) is 0 Å². The van der Waals surface area contributed by atoms with E-state index in [1.165, 1.54) is 17.1 Å². The minimum Gasteiger partial charge on any atom is -0.383 e. The highest BCUT2D eigenvalue weighted by molar-refractivity contribution is 9.10. The van der Waals surface area contributed by atoms with E-state index in [2.05, 4.69) is 36.4 Å². The number of hydrogen-bond acceptors (Lipinski definition) is 5. The first kappa shape index (κ1) is 16.6. The molecule has 3 rings (SSSR count). The van der Waals surface area contributed by atoms with Crippen molar-refractivity contribution in [3.63, 3.8) is 0 Å². The van der Waals surface area contributed by atoms with Gasteiger partial charge in [-0.25, -0.2) is 13.5 Å². The molecule has 0 radical (unpaired) electrons. The van der Waals surface area contributed by atoms with Crippen molar-refractivity contribution in [1.29, 1.82) is 0 Å². The maximum atomic E-state index is 14.3. The molecule has 1 aromatic carbocycles. The molecule has 124 valence electrons. The third kappa shape index (κ3) is 3.62. The molecule has 0 aliphatic rings. The number of tetrazole rings is 1. The van der Waals surface area contributed by atoms with E-state index in [1.54, 1.807) is 18.3 Å². The first-order valence-electron chi connectivity index (χ1n) is 6.95. The smallest absolute Gasteiger partial charge is 0.138 e. The maximum Gasteiger partial charge on any atom is 0.138 e. The van der Waals surface area contributed by atoms with E-state index in [1.807, 2.05) is 0 Å². The Labute approximate surface area is 144 Å². The summed E-state index contributed by atoms with van der Waals surface area (Å²) in [5.41, 5.74) is -1.21. The monoisotopic (exact) mass is 395 g/mol. The summed E-state index contributed by atoms with van der Waals surface area (Å²) in [6.07, 6.45) is 2.89. The van der Waals surface area contributed by atoms with E-state index in [0.29, 0.717) is 5.69 Å². The first-order valence-corrected chi connectivity index (χ1v) is 7.75. The number of pyridine rings is 1. The molecule has 0 saturated carbocycles. The van der Waals surface area contributed by atoms with Crippen LogP contribution < -0.4 is 0 Å². The molecular weight excluding hydrogens is 384 g/mol. The fourth-order valence-electron chi connectivity index (χ4n) is 2.43. The Morgan fingerprint density at radius 3 is 2.67 bits per heavy atom. The topological polar surface area (TPSA) is 76.7 Å². The zero-order chi connectivity index (χ0) is 17.2. The first-order chi connectivity index (χ1) is 11.5. The Morgan fingerprint density at radius 2 is 2.04 bits per heavy atom. The normalized spacial score (nSPS) is 13.7. The van der Waals surface area contributed by atoms with Crippen LogP contribution in [0.3, 0.4) is 0 Å². The van der Waals surface area contributed by atoms with Crippen LogP contribution in [-0.4, -0.2) is 30.3 Å². The van der Waals surface area contributed by atoms with Crippen LogP contribution >= 0.6 is 15.9 Å². The molecule has 24 heavy (non-hydrogen) atoms. The zero-order valence-corrected chi connectivity index (χ0v) is 13.9. The van der Waals surface area contributed by atoms with Gasteiger partial charge in [-0.05, 0) is 44.6 Å². The summed E-state index contributed by atoms with van der Waals surface area (Å²) in [5.74, 6) is -1.56. The molecule has 6 nitrogen and oxygen atoms in total. The van der Waals surface area contributed by atoms with Gasteiger partial charge in [-0.2, -0.15) is 0 Å². The minimum absolute atomic E-state index is 0.00267. The van der Waals surface area contributed by atoms with Crippen LogP contribution in [0.5, 0.6) is 0 Å². The lowest BCUT2D eigenvalue weighted by atomic mass is 9.88. The van der Waals surface area contributed by atoms with Crippen molar-refractivity contribution in [2.24, 2.45) is 0 Å². The fourth-order valence-corrected chi connectivity index (χ4v) is 2.67. The molecule has 2 heterocycles. The van der Waals surface area contributed by atoms with Gasteiger partial charge in [-0.15, -0.1) is 5.10 Å². The molecule has 0 aliphatic heterocycles. The van der Waals surface area contributed by atoms with Crippen LogP contribution in [0.25, 0.3) is 0 Å². The highest BCUT2D eigenvalue weighted by Crippen LogP contribution is 2.30. The highest BCUT2D eigenvalue weighted by Gasteiger charge is 2.34. The van der Waals surface area contributed by atoms with Crippen molar-refractivity contribution in [2.75, 3.05) is 0 Å². The molecular formula is C15H12BrF2N5O. The molecule has 1 atom stereocenters. The molecule has 0 saturated heterocycles. The number of aliphatic hydroxyl groups is 1. The van der Waals surface area contributed by atoms with Crippen molar-refractivity contribution in [3.8, 4) is 0 Å². The minimum atomic E-state index is -1.70. The van der Waals surface area contributed by atoms with Crippen molar-refractivity contribution in [2.45, 2.75) is 18.6 Å². The molecule has 2 aromatic heterocycles. The second kappa shape index (κ2) is 6.70. The van der Waals surface area contributed by atoms with Gasteiger partial charge in [0, 0.05) is 34.4 Å². The van der Waals surface area contributed by atoms with Crippen LogP contribution in [0.4, 0.5) is 8.78 Å². The summed E-state index contributed by atoms with van der Waals surface area (Å²) < 4.78 is 29.5. The Morgan fingerprint density at radius 1 is 1.21 bits per heavy atom. The average molecular weight is 396 g/mol. The van der Waals surface area contributed by atoms with E-state index in [4.69, 9.17) is 0 Å². The van der Waals surface area contributed by atoms with Gasteiger partial charge in [0.05, 0.1) is 6.54 Å². The van der Waals surface area contributed by atoms with Gasteiger partial charge in [0.25, 0.3) is 0 Å². The van der Waals surface area contributed by atoms with Crippen LogP contribution in [0.1, 0.15) is 11.3 Å². The van der Waals surface area contributed by atoms with Crippen LogP contribution in [0, 0.1) is 11.6 Å². The highest BCUT2D eigenvalue weighted by atomic mass is 79.9. The van der Waals surface area contributed by atoms with Gasteiger partial charge in [-0.1, -0.05) is 6.07 Å². The molecule has 0 aliphatic carbocycles. The van der Waals surface area contributed by atoms with E-state index < -0.39 is 17.2 Å². The Balaban J connectivity index is 2.00. The Bertz CT molecular complexity index is 828. The third-order valence-corrected chi connectivity index (χ3v) is 3.98. The van der Waals surface area contributed by atoms with Gasteiger partial charge in [0.2, 0.25) is 0 Å². The number of rotatable bonds is 5. The number of nitrogens with zero attached hydrogens (tertiary/aromatic N) is 5. The second-order valence-corrected chi connectivity index (χ2v) is 6.22. The molecule has 0 unspecified atom stereocenters. The molecule has 9 heteroatoms. The SMILES string of the molecule is O[C@@](Cc1ccc(Br)cn1)(Cn1cnnn1)c1ccc(F)cc1F. The lowest BCUT2D eigenvalue weighted by Crippen LogP contribution is -2.35. The summed E-state index contributed by atoms with van der Waals surface area (Å²) in [6.45, 7) is -0.111. The lowest BCUT2D eigenvalue weighted by Gasteiger charge is -2.28. The molecule has 0 spiro atoms. The Hall–Kier alpha value is -2.26. The van der Waals surface area contributed by atoms with Crippen LogP contribution in [0.15, 0.2) is 47.3 Å². The van der Waals surface area contributed by atoms with Gasteiger partial charge in [-0.3, -0.25) is 4.98 Å². The molecule has 0 bridgehead atoms. The van der Waals surface area contributed by atoms with Crippen LogP contribution in [0.2, 0.25) is 0 Å². The van der Waals surface area contributed by atoms with Gasteiger partial charge >= 0.3 is 0 Å². The molecule has 0 fully saturated rings. The van der Waals surface area contributed by atoms with E-state index in [-0.39, 0.29) is 18.5 Å².